The van der Waals surface area contributed by atoms with Gasteiger partial charge in [0.1, 0.15) is 5.75 Å². The van der Waals surface area contributed by atoms with Gasteiger partial charge < -0.3 is 10.5 Å². The summed E-state index contributed by atoms with van der Waals surface area (Å²) in [5.74, 6) is 0.996. The molecule has 1 aromatic rings. The summed E-state index contributed by atoms with van der Waals surface area (Å²) in [4.78, 5) is 0. The molecule has 1 atom stereocenters. The average molecular weight is 249 g/mol. The lowest BCUT2D eigenvalue weighted by atomic mass is 9.96. The number of hydrogen-bond acceptors (Lipinski definition) is 2. The third-order valence-electron chi connectivity index (χ3n) is 3.55. The predicted octanol–water partition coefficient (Wildman–Crippen LogP) is 3.63. The van der Waals surface area contributed by atoms with Crippen LogP contribution in [0.25, 0.3) is 0 Å². The van der Waals surface area contributed by atoms with Gasteiger partial charge in [-0.2, -0.15) is 0 Å². The number of methoxy groups -OCH3 is 1. The van der Waals surface area contributed by atoms with Crippen LogP contribution < -0.4 is 10.5 Å². The molecule has 0 saturated carbocycles. The van der Waals surface area contributed by atoms with E-state index in [1.807, 2.05) is 0 Å². The zero-order valence-corrected chi connectivity index (χ0v) is 12.3. The molecule has 2 heteroatoms. The minimum atomic E-state index is 0.222. The lowest BCUT2D eigenvalue weighted by Crippen LogP contribution is -2.21. The molecule has 0 radical (unpaired) electrons. The molecule has 0 amide bonds. The highest BCUT2D eigenvalue weighted by atomic mass is 16.5. The first kappa shape index (κ1) is 15.0. The van der Waals surface area contributed by atoms with E-state index in [2.05, 4.69) is 32.9 Å². The number of hydrogen-bond donors (Lipinski definition) is 1. The van der Waals surface area contributed by atoms with E-state index in [9.17, 15) is 0 Å². The maximum atomic E-state index is 6.04. The Morgan fingerprint density at radius 1 is 1.22 bits per heavy atom. The van der Waals surface area contributed by atoms with Crippen molar-refractivity contribution < 1.29 is 4.74 Å². The van der Waals surface area contributed by atoms with E-state index in [-0.39, 0.29) is 6.04 Å². The fourth-order valence-corrected chi connectivity index (χ4v) is 2.20. The zero-order chi connectivity index (χ0) is 13.5. The maximum absolute atomic E-state index is 6.04. The van der Waals surface area contributed by atoms with Crippen molar-refractivity contribution in [2.75, 3.05) is 7.11 Å². The van der Waals surface area contributed by atoms with Gasteiger partial charge in [0.25, 0.3) is 0 Å². The molecule has 102 valence electrons. The summed E-state index contributed by atoms with van der Waals surface area (Å²) in [6, 6.07) is 4.67. The fraction of sp³-hybridized carbons (Fsp3) is 0.625. The summed E-state index contributed by atoms with van der Waals surface area (Å²) in [6.07, 6.45) is 5.50. The van der Waals surface area contributed by atoms with Crippen molar-refractivity contribution in [3.63, 3.8) is 0 Å². The summed E-state index contributed by atoms with van der Waals surface area (Å²) in [7, 11) is 1.75. The largest absolute Gasteiger partial charge is 0.496 e. The fourth-order valence-electron chi connectivity index (χ4n) is 2.20. The lowest BCUT2D eigenvalue weighted by Gasteiger charge is -2.16. The summed E-state index contributed by atoms with van der Waals surface area (Å²) in [5, 5.41) is 0. The molecule has 1 rings (SSSR count). The average Bonchev–Trinajstić information content (AvgIpc) is 2.37. The maximum Gasteiger partial charge on any atom is 0.122 e. The highest BCUT2D eigenvalue weighted by Crippen LogP contribution is 2.26. The predicted molar refractivity (Wildman–Crippen MR) is 78.3 cm³/mol. The Labute approximate surface area is 112 Å². The van der Waals surface area contributed by atoms with Gasteiger partial charge in [-0.3, -0.25) is 0 Å². The van der Waals surface area contributed by atoms with E-state index in [1.54, 1.807) is 7.11 Å². The van der Waals surface area contributed by atoms with Crippen LogP contribution in [0, 0.1) is 6.92 Å². The topological polar surface area (TPSA) is 35.2 Å². The molecule has 1 aromatic carbocycles. The molecule has 0 aliphatic heterocycles. The molecule has 0 spiro atoms. The van der Waals surface area contributed by atoms with Crippen LogP contribution in [0.15, 0.2) is 12.1 Å². The van der Waals surface area contributed by atoms with Gasteiger partial charge in [-0.1, -0.05) is 26.3 Å². The standard InChI is InChI=1S/C16H27NO/c1-5-7-8-13-11-16(18-4)14(9-12(13)3)10-15(17)6-2/h9,11,15H,5-8,10,17H2,1-4H3. The van der Waals surface area contributed by atoms with E-state index in [4.69, 9.17) is 10.5 Å². The molecular weight excluding hydrogens is 222 g/mol. The Bertz CT molecular complexity index is 374. The van der Waals surface area contributed by atoms with Gasteiger partial charge in [-0.15, -0.1) is 0 Å². The summed E-state index contributed by atoms with van der Waals surface area (Å²) >= 11 is 0. The molecule has 0 aromatic heterocycles. The molecule has 1 unspecified atom stereocenters. The van der Waals surface area contributed by atoms with Gasteiger partial charge in [-0.05, 0) is 55.4 Å². The van der Waals surface area contributed by atoms with Gasteiger partial charge in [0.2, 0.25) is 0 Å². The van der Waals surface area contributed by atoms with Crippen molar-refractivity contribution in [3.05, 3.63) is 28.8 Å². The minimum absolute atomic E-state index is 0.222. The van der Waals surface area contributed by atoms with Crippen LogP contribution in [0.1, 0.15) is 49.8 Å². The van der Waals surface area contributed by atoms with Crippen molar-refractivity contribution in [1.82, 2.24) is 0 Å². The van der Waals surface area contributed by atoms with Gasteiger partial charge in [0.05, 0.1) is 7.11 Å². The minimum Gasteiger partial charge on any atom is -0.496 e. The number of benzene rings is 1. The van der Waals surface area contributed by atoms with E-state index < -0.39 is 0 Å². The van der Waals surface area contributed by atoms with Crippen LogP contribution >= 0.6 is 0 Å². The van der Waals surface area contributed by atoms with E-state index in [1.165, 1.54) is 29.5 Å². The molecule has 2 nitrogen and oxygen atoms in total. The van der Waals surface area contributed by atoms with Crippen LogP contribution in [0.2, 0.25) is 0 Å². The highest BCUT2D eigenvalue weighted by Gasteiger charge is 2.10. The van der Waals surface area contributed by atoms with Crippen LogP contribution in [0.4, 0.5) is 0 Å². The molecule has 0 fully saturated rings. The smallest absolute Gasteiger partial charge is 0.122 e. The normalized spacial score (nSPS) is 12.5. The Hall–Kier alpha value is -1.02. The SMILES string of the molecule is CCCCc1cc(OC)c(CC(N)CC)cc1C. The lowest BCUT2D eigenvalue weighted by molar-refractivity contribution is 0.406. The van der Waals surface area contributed by atoms with E-state index >= 15 is 0 Å². The number of ether oxygens (including phenoxy) is 1. The Morgan fingerprint density at radius 2 is 1.94 bits per heavy atom. The van der Waals surface area contributed by atoms with Crippen molar-refractivity contribution in [2.24, 2.45) is 5.73 Å². The summed E-state index contributed by atoms with van der Waals surface area (Å²) in [6.45, 7) is 6.53. The molecule has 18 heavy (non-hydrogen) atoms. The number of nitrogens with two attached hydrogens (primary N) is 1. The monoisotopic (exact) mass is 249 g/mol. The van der Waals surface area contributed by atoms with Crippen LogP contribution in [-0.2, 0) is 12.8 Å². The third kappa shape index (κ3) is 4.02. The molecule has 0 heterocycles. The Balaban J connectivity index is 2.95. The van der Waals surface area contributed by atoms with Crippen molar-refractivity contribution in [2.45, 2.75) is 58.9 Å². The Morgan fingerprint density at radius 3 is 2.50 bits per heavy atom. The first-order valence-corrected chi connectivity index (χ1v) is 7.04. The molecular formula is C16H27NO. The molecule has 0 saturated heterocycles. The van der Waals surface area contributed by atoms with Gasteiger partial charge in [0, 0.05) is 6.04 Å². The van der Waals surface area contributed by atoms with Crippen LogP contribution in [0.5, 0.6) is 5.75 Å². The summed E-state index contributed by atoms with van der Waals surface area (Å²) < 4.78 is 5.51. The molecule has 0 aliphatic carbocycles. The second-order valence-electron chi connectivity index (χ2n) is 5.07. The van der Waals surface area contributed by atoms with Crippen molar-refractivity contribution in [1.29, 1.82) is 0 Å². The van der Waals surface area contributed by atoms with Crippen molar-refractivity contribution in [3.8, 4) is 5.75 Å². The Kier molecular flexibility index (Phi) is 6.20. The summed E-state index contributed by atoms with van der Waals surface area (Å²) in [5.41, 5.74) is 10.1. The first-order valence-electron chi connectivity index (χ1n) is 7.04. The van der Waals surface area contributed by atoms with Gasteiger partial charge in [-0.25, -0.2) is 0 Å². The number of unbranched alkanes of at least 4 members (excludes halogenated alkanes) is 1. The van der Waals surface area contributed by atoms with E-state index in [0.29, 0.717) is 0 Å². The molecule has 0 aliphatic rings. The number of aryl methyl sites for hydroxylation is 2. The second kappa shape index (κ2) is 7.42. The van der Waals surface area contributed by atoms with Gasteiger partial charge >= 0.3 is 0 Å². The third-order valence-corrected chi connectivity index (χ3v) is 3.55. The quantitative estimate of drug-likeness (QED) is 0.801. The molecule has 2 N–H and O–H groups in total. The zero-order valence-electron chi connectivity index (χ0n) is 12.3. The number of rotatable bonds is 7. The van der Waals surface area contributed by atoms with Gasteiger partial charge in [0.15, 0.2) is 0 Å². The second-order valence-corrected chi connectivity index (χ2v) is 5.07. The van der Waals surface area contributed by atoms with E-state index in [0.717, 1.165) is 25.0 Å². The van der Waals surface area contributed by atoms with Crippen LogP contribution in [0.3, 0.4) is 0 Å². The molecule has 0 bridgehead atoms. The van der Waals surface area contributed by atoms with Crippen LogP contribution in [-0.4, -0.2) is 13.2 Å². The first-order chi connectivity index (χ1) is 8.62. The van der Waals surface area contributed by atoms with Crippen molar-refractivity contribution >= 4 is 0 Å². The highest BCUT2D eigenvalue weighted by molar-refractivity contribution is 5.43.